The zero-order valence-corrected chi connectivity index (χ0v) is 21.7. The van der Waals surface area contributed by atoms with Crippen LogP contribution in [0, 0.1) is 5.92 Å². The standard InChI is InChI=1S/C23H42O9S/c1-8-33-21-18(17(26)16(25)15(13-24)30-21)29-12-10-9-11-14(19(27)31-22(2,3)4)20(28)32-23(5,6)7/h14-18,21,24-26H,8-13H2,1-7H3/t15-,16+,17+,18-,21+/m1/s1. The van der Waals surface area contributed by atoms with Gasteiger partial charge in [-0.3, -0.25) is 9.59 Å². The molecule has 0 spiro atoms. The van der Waals surface area contributed by atoms with Gasteiger partial charge in [0.25, 0.3) is 0 Å². The third-order valence-electron chi connectivity index (χ3n) is 4.74. The molecule has 0 bridgehead atoms. The molecule has 1 fully saturated rings. The van der Waals surface area contributed by atoms with Crippen molar-refractivity contribution in [2.45, 2.75) is 109 Å². The number of aliphatic hydroxyl groups excluding tert-OH is 3. The van der Waals surface area contributed by atoms with Crippen LogP contribution in [0.4, 0.5) is 0 Å². The fourth-order valence-electron chi connectivity index (χ4n) is 3.28. The van der Waals surface area contributed by atoms with E-state index in [2.05, 4.69) is 0 Å². The van der Waals surface area contributed by atoms with Gasteiger partial charge in [0.05, 0.1) is 6.61 Å². The second-order valence-corrected chi connectivity index (χ2v) is 11.5. The molecular weight excluding hydrogens is 452 g/mol. The number of carbonyl (C=O) groups is 2. The molecule has 1 aliphatic rings. The smallest absolute Gasteiger partial charge is 0.320 e. The van der Waals surface area contributed by atoms with E-state index >= 15 is 0 Å². The van der Waals surface area contributed by atoms with Gasteiger partial charge in [-0.1, -0.05) is 6.92 Å². The number of thioether (sulfide) groups is 1. The van der Waals surface area contributed by atoms with Gasteiger partial charge in [-0.15, -0.1) is 11.8 Å². The summed E-state index contributed by atoms with van der Waals surface area (Å²) in [6.45, 7) is 12.2. The highest BCUT2D eigenvalue weighted by atomic mass is 32.2. The molecule has 0 saturated carbocycles. The third-order valence-corrected chi connectivity index (χ3v) is 5.78. The van der Waals surface area contributed by atoms with Crippen LogP contribution in [0.3, 0.4) is 0 Å². The molecule has 0 aromatic carbocycles. The van der Waals surface area contributed by atoms with Crippen LogP contribution in [0.15, 0.2) is 0 Å². The molecule has 0 aromatic rings. The number of hydrogen-bond acceptors (Lipinski definition) is 10. The first-order valence-electron chi connectivity index (χ1n) is 11.5. The summed E-state index contributed by atoms with van der Waals surface area (Å²) in [6.07, 6.45) is -2.85. The Kier molecular flexibility index (Phi) is 12.1. The molecular formula is C23H42O9S. The predicted molar refractivity (Wildman–Crippen MR) is 125 cm³/mol. The van der Waals surface area contributed by atoms with E-state index < -0.39 is 65.5 Å². The Morgan fingerprint density at radius 1 is 0.970 bits per heavy atom. The quantitative estimate of drug-likeness (QED) is 0.223. The average molecular weight is 495 g/mol. The molecule has 1 heterocycles. The first kappa shape index (κ1) is 30.1. The summed E-state index contributed by atoms with van der Waals surface area (Å²) in [6, 6.07) is 0. The molecule has 9 nitrogen and oxygen atoms in total. The van der Waals surface area contributed by atoms with E-state index in [4.69, 9.17) is 18.9 Å². The van der Waals surface area contributed by atoms with E-state index in [9.17, 15) is 24.9 Å². The Morgan fingerprint density at radius 3 is 1.97 bits per heavy atom. The van der Waals surface area contributed by atoms with Crippen LogP contribution >= 0.6 is 11.8 Å². The number of rotatable bonds is 11. The van der Waals surface area contributed by atoms with E-state index in [0.717, 1.165) is 0 Å². The second-order valence-electron chi connectivity index (χ2n) is 10.1. The number of unbranched alkanes of at least 4 members (excludes halogenated alkanes) is 1. The molecule has 10 heteroatoms. The molecule has 0 radical (unpaired) electrons. The topological polar surface area (TPSA) is 132 Å². The van der Waals surface area contributed by atoms with Crippen LogP contribution < -0.4 is 0 Å². The zero-order chi connectivity index (χ0) is 25.4. The third kappa shape index (κ3) is 10.5. The normalized spacial score (nSPS) is 26.3. The lowest BCUT2D eigenvalue weighted by molar-refractivity contribution is -0.219. The summed E-state index contributed by atoms with van der Waals surface area (Å²) < 4.78 is 22.3. The first-order chi connectivity index (χ1) is 15.2. The fraction of sp³-hybridized carbons (Fsp3) is 0.913. The largest absolute Gasteiger partial charge is 0.459 e. The molecule has 0 aromatic heterocycles. The molecule has 1 saturated heterocycles. The SMILES string of the molecule is CCS[C@@H]1O[C@H](CO)[C@H](O)[C@H](O)[C@H]1OCCCCC(C(=O)OC(C)(C)C)C(=O)OC(C)(C)C. The minimum Gasteiger partial charge on any atom is -0.459 e. The van der Waals surface area contributed by atoms with Crippen molar-refractivity contribution in [1.82, 2.24) is 0 Å². The van der Waals surface area contributed by atoms with Crippen molar-refractivity contribution in [3.8, 4) is 0 Å². The van der Waals surface area contributed by atoms with Crippen LogP contribution in [0.5, 0.6) is 0 Å². The van der Waals surface area contributed by atoms with Crippen LogP contribution in [0.1, 0.15) is 67.7 Å². The summed E-state index contributed by atoms with van der Waals surface area (Å²) in [5.74, 6) is -1.57. The number of carbonyl (C=O) groups excluding carboxylic acids is 2. The molecule has 3 N–H and O–H groups in total. The summed E-state index contributed by atoms with van der Waals surface area (Å²) in [5, 5.41) is 29.9. The van der Waals surface area contributed by atoms with E-state index in [1.54, 1.807) is 41.5 Å². The van der Waals surface area contributed by atoms with Crippen LogP contribution in [-0.4, -0.2) is 87.3 Å². The van der Waals surface area contributed by atoms with Crippen molar-refractivity contribution < 1.29 is 43.9 Å². The van der Waals surface area contributed by atoms with Gasteiger partial charge in [0.1, 0.15) is 41.1 Å². The molecule has 1 rings (SSSR count). The Bertz CT molecular complexity index is 586. The average Bonchev–Trinajstić information content (AvgIpc) is 2.66. The maximum Gasteiger partial charge on any atom is 0.320 e. The van der Waals surface area contributed by atoms with E-state index in [1.807, 2.05) is 6.92 Å². The van der Waals surface area contributed by atoms with Gasteiger partial charge in [-0.2, -0.15) is 0 Å². The highest BCUT2D eigenvalue weighted by molar-refractivity contribution is 7.99. The highest BCUT2D eigenvalue weighted by Gasteiger charge is 2.45. The van der Waals surface area contributed by atoms with Gasteiger partial charge in [0, 0.05) is 6.61 Å². The van der Waals surface area contributed by atoms with E-state index in [1.165, 1.54) is 11.8 Å². The van der Waals surface area contributed by atoms with Crippen LogP contribution in [0.2, 0.25) is 0 Å². The minimum absolute atomic E-state index is 0.234. The summed E-state index contributed by atoms with van der Waals surface area (Å²) in [4.78, 5) is 25.2. The summed E-state index contributed by atoms with van der Waals surface area (Å²) in [7, 11) is 0. The van der Waals surface area contributed by atoms with Crippen LogP contribution in [0.25, 0.3) is 0 Å². The molecule has 33 heavy (non-hydrogen) atoms. The predicted octanol–water partition coefficient (Wildman–Crippen LogP) is 2.03. The summed E-state index contributed by atoms with van der Waals surface area (Å²) >= 11 is 1.42. The number of esters is 2. The minimum atomic E-state index is -1.25. The van der Waals surface area contributed by atoms with Crippen molar-refractivity contribution >= 4 is 23.7 Å². The van der Waals surface area contributed by atoms with Gasteiger partial charge >= 0.3 is 11.9 Å². The zero-order valence-electron chi connectivity index (χ0n) is 20.9. The van der Waals surface area contributed by atoms with Gasteiger partial charge in [-0.05, 0) is 66.6 Å². The molecule has 0 aliphatic carbocycles. The Labute approximate surface area is 201 Å². The van der Waals surface area contributed by atoms with Gasteiger partial charge in [0.2, 0.25) is 0 Å². The maximum atomic E-state index is 12.6. The molecule has 0 amide bonds. The summed E-state index contributed by atoms with van der Waals surface area (Å²) in [5.41, 5.74) is -1.98. The molecule has 194 valence electrons. The van der Waals surface area contributed by atoms with Gasteiger partial charge < -0.3 is 34.3 Å². The number of hydrogen-bond donors (Lipinski definition) is 3. The van der Waals surface area contributed by atoms with Crippen molar-refractivity contribution in [1.29, 1.82) is 0 Å². The highest BCUT2D eigenvalue weighted by Crippen LogP contribution is 2.30. The monoisotopic (exact) mass is 494 g/mol. The number of ether oxygens (including phenoxy) is 4. The molecule has 0 unspecified atom stereocenters. The second kappa shape index (κ2) is 13.3. The van der Waals surface area contributed by atoms with Crippen molar-refractivity contribution in [3.05, 3.63) is 0 Å². The van der Waals surface area contributed by atoms with Crippen molar-refractivity contribution in [2.75, 3.05) is 19.0 Å². The lowest BCUT2D eigenvalue weighted by Gasteiger charge is -2.41. The maximum absolute atomic E-state index is 12.6. The lowest BCUT2D eigenvalue weighted by Crippen LogP contribution is -2.58. The van der Waals surface area contributed by atoms with Gasteiger partial charge in [0.15, 0.2) is 5.92 Å². The molecule has 1 aliphatic heterocycles. The Balaban J connectivity index is 2.67. The fourth-order valence-corrected chi connectivity index (χ4v) is 4.26. The van der Waals surface area contributed by atoms with Gasteiger partial charge in [-0.25, -0.2) is 0 Å². The first-order valence-corrected chi connectivity index (χ1v) is 12.6. The van der Waals surface area contributed by atoms with E-state index in [-0.39, 0.29) is 13.0 Å². The Morgan fingerprint density at radius 2 is 1.52 bits per heavy atom. The van der Waals surface area contributed by atoms with Crippen molar-refractivity contribution in [2.24, 2.45) is 5.92 Å². The van der Waals surface area contributed by atoms with Crippen LogP contribution in [-0.2, 0) is 28.5 Å². The lowest BCUT2D eigenvalue weighted by atomic mass is 10.00. The molecule has 5 atom stereocenters. The Hall–Kier alpha value is -0.910. The van der Waals surface area contributed by atoms with E-state index in [0.29, 0.717) is 18.6 Å². The van der Waals surface area contributed by atoms with Crippen molar-refractivity contribution in [3.63, 3.8) is 0 Å². The number of aliphatic hydroxyl groups is 3.